The monoisotopic (exact) mass is 284 g/mol. The lowest BCUT2D eigenvalue weighted by Crippen LogP contribution is -2.40. The first-order valence-corrected chi connectivity index (χ1v) is 5.95. The van der Waals surface area contributed by atoms with Crippen LogP contribution in [0.5, 0.6) is 0 Å². The van der Waals surface area contributed by atoms with Gasteiger partial charge in [-0.1, -0.05) is 0 Å². The number of rotatable bonds is 7. The summed E-state index contributed by atoms with van der Waals surface area (Å²) in [5.41, 5.74) is -0.0586. The molecule has 0 radical (unpaired) electrons. The van der Waals surface area contributed by atoms with Crippen molar-refractivity contribution in [3.63, 3.8) is 0 Å². The van der Waals surface area contributed by atoms with Crippen LogP contribution in [-0.4, -0.2) is 52.3 Å². The molecule has 0 unspecified atom stereocenters. The lowest BCUT2D eigenvalue weighted by atomic mass is 10.5. The predicted octanol–water partition coefficient (Wildman–Crippen LogP) is -0.556. The number of urea groups is 1. The number of hydrogen-bond donors (Lipinski definition) is 3. The van der Waals surface area contributed by atoms with Crippen LogP contribution in [0.2, 0.25) is 0 Å². The molecule has 9 nitrogen and oxygen atoms in total. The molecule has 2 amide bonds. The zero-order valence-corrected chi connectivity index (χ0v) is 11.0. The van der Waals surface area contributed by atoms with Gasteiger partial charge in [-0.05, 0) is 6.92 Å². The van der Waals surface area contributed by atoms with Crippen LogP contribution in [0.3, 0.4) is 0 Å². The Morgan fingerprint density at radius 2 is 2.15 bits per heavy atom. The average Bonchev–Trinajstić information content (AvgIpc) is 2.86. The van der Waals surface area contributed by atoms with E-state index in [-0.39, 0.29) is 25.4 Å². The number of esters is 1. The number of carboxylic acids is 1. The first-order valence-electron chi connectivity index (χ1n) is 5.95. The number of ether oxygens (including phenoxy) is 1. The highest BCUT2D eigenvalue weighted by atomic mass is 16.5. The molecule has 0 fully saturated rings. The number of aromatic nitrogens is 2. The van der Waals surface area contributed by atoms with Crippen molar-refractivity contribution in [3.8, 4) is 0 Å². The Hall–Kier alpha value is -2.58. The zero-order valence-electron chi connectivity index (χ0n) is 11.0. The number of imidazole rings is 1. The first kappa shape index (κ1) is 15.5. The summed E-state index contributed by atoms with van der Waals surface area (Å²) in [5, 5.41) is 13.5. The number of carbonyl (C=O) groups is 3. The summed E-state index contributed by atoms with van der Waals surface area (Å²) in [6, 6.07) is -0.503. The van der Waals surface area contributed by atoms with Gasteiger partial charge in [-0.3, -0.25) is 4.79 Å². The van der Waals surface area contributed by atoms with Crippen LogP contribution < -0.4 is 10.6 Å². The lowest BCUT2D eigenvalue weighted by Gasteiger charge is -2.07. The van der Waals surface area contributed by atoms with Crippen LogP contribution in [0.1, 0.15) is 17.4 Å². The number of carboxylic acid groups (broad SMARTS) is 1. The highest BCUT2D eigenvalue weighted by molar-refractivity contribution is 5.84. The molecule has 0 aromatic carbocycles. The number of hydrogen-bond acceptors (Lipinski definition) is 5. The molecular formula is C11H16N4O5. The molecule has 0 aliphatic heterocycles. The van der Waals surface area contributed by atoms with E-state index in [4.69, 9.17) is 5.11 Å². The fraction of sp³-hybridized carbons (Fsp3) is 0.455. The fourth-order valence-electron chi connectivity index (χ4n) is 1.32. The summed E-state index contributed by atoms with van der Waals surface area (Å²) in [4.78, 5) is 36.5. The molecule has 9 heteroatoms. The Balaban J connectivity index is 2.21. The largest absolute Gasteiger partial charge is 0.476 e. The van der Waals surface area contributed by atoms with Gasteiger partial charge in [0, 0.05) is 19.3 Å². The maximum absolute atomic E-state index is 11.3. The van der Waals surface area contributed by atoms with E-state index in [2.05, 4.69) is 20.4 Å². The van der Waals surface area contributed by atoms with E-state index in [0.29, 0.717) is 6.54 Å². The smallest absolute Gasteiger partial charge is 0.356 e. The van der Waals surface area contributed by atoms with Crippen LogP contribution >= 0.6 is 0 Å². The van der Waals surface area contributed by atoms with E-state index in [0.717, 1.165) is 0 Å². The van der Waals surface area contributed by atoms with Gasteiger partial charge in [0.2, 0.25) is 0 Å². The van der Waals surface area contributed by atoms with Gasteiger partial charge < -0.3 is 25.0 Å². The Morgan fingerprint density at radius 3 is 2.75 bits per heavy atom. The number of carbonyl (C=O) groups excluding carboxylic acids is 2. The molecule has 1 heterocycles. The summed E-state index contributed by atoms with van der Waals surface area (Å²) in [7, 11) is 0. The van der Waals surface area contributed by atoms with Crippen LogP contribution in [0.4, 0.5) is 4.79 Å². The molecule has 1 rings (SSSR count). The standard InChI is InChI=1S/C11H16N4O5/c1-2-20-9(16)5-13-11(19)12-3-4-15-6-8(10(17)18)14-7-15/h6-7H,2-5H2,1H3,(H,17,18)(H2,12,13,19). The molecule has 0 aliphatic rings. The molecule has 0 aliphatic carbocycles. The van der Waals surface area contributed by atoms with Gasteiger partial charge in [-0.25, -0.2) is 14.6 Å². The van der Waals surface area contributed by atoms with E-state index in [1.54, 1.807) is 6.92 Å². The Labute approximate surface area is 114 Å². The lowest BCUT2D eigenvalue weighted by molar-refractivity contribution is -0.141. The van der Waals surface area contributed by atoms with E-state index in [1.165, 1.54) is 17.1 Å². The fourth-order valence-corrected chi connectivity index (χ4v) is 1.32. The third-order valence-corrected chi connectivity index (χ3v) is 2.21. The minimum atomic E-state index is -1.11. The van der Waals surface area contributed by atoms with Crippen molar-refractivity contribution in [3.05, 3.63) is 18.2 Å². The average molecular weight is 284 g/mol. The van der Waals surface area contributed by atoms with Gasteiger partial charge in [0.1, 0.15) is 6.54 Å². The number of amides is 2. The maximum atomic E-state index is 11.3. The van der Waals surface area contributed by atoms with Crippen LogP contribution in [0, 0.1) is 0 Å². The second-order valence-electron chi connectivity index (χ2n) is 3.72. The van der Waals surface area contributed by atoms with E-state index < -0.39 is 18.0 Å². The second-order valence-corrected chi connectivity index (χ2v) is 3.72. The summed E-state index contributed by atoms with van der Waals surface area (Å²) in [6.45, 7) is 2.37. The SMILES string of the molecule is CCOC(=O)CNC(=O)NCCn1cnc(C(=O)O)c1. The Morgan fingerprint density at radius 1 is 1.40 bits per heavy atom. The van der Waals surface area contributed by atoms with Gasteiger partial charge in [0.25, 0.3) is 0 Å². The van der Waals surface area contributed by atoms with Crippen molar-refractivity contribution in [1.82, 2.24) is 20.2 Å². The van der Waals surface area contributed by atoms with Crippen LogP contribution in [0.25, 0.3) is 0 Å². The molecular weight excluding hydrogens is 268 g/mol. The third kappa shape index (κ3) is 5.38. The van der Waals surface area contributed by atoms with Crippen molar-refractivity contribution in [2.75, 3.05) is 19.7 Å². The van der Waals surface area contributed by atoms with E-state index in [9.17, 15) is 14.4 Å². The molecule has 20 heavy (non-hydrogen) atoms. The molecule has 3 N–H and O–H groups in total. The summed E-state index contributed by atoms with van der Waals surface area (Å²) < 4.78 is 6.18. The van der Waals surface area contributed by atoms with Crippen molar-refractivity contribution < 1.29 is 24.2 Å². The van der Waals surface area contributed by atoms with Crippen molar-refractivity contribution in [1.29, 1.82) is 0 Å². The molecule has 1 aromatic rings. The number of aromatic carboxylic acids is 1. The molecule has 0 spiro atoms. The van der Waals surface area contributed by atoms with Crippen molar-refractivity contribution in [2.24, 2.45) is 0 Å². The predicted molar refractivity (Wildman–Crippen MR) is 67.2 cm³/mol. The highest BCUT2D eigenvalue weighted by Crippen LogP contribution is 1.95. The first-order chi connectivity index (χ1) is 9.52. The Bertz CT molecular complexity index is 485. The molecule has 0 atom stereocenters. The molecule has 0 saturated carbocycles. The zero-order chi connectivity index (χ0) is 15.0. The van der Waals surface area contributed by atoms with Gasteiger partial charge in [-0.2, -0.15) is 0 Å². The normalized spacial score (nSPS) is 9.85. The van der Waals surface area contributed by atoms with Crippen LogP contribution in [-0.2, 0) is 16.1 Å². The highest BCUT2D eigenvalue weighted by Gasteiger charge is 2.07. The van der Waals surface area contributed by atoms with Crippen molar-refractivity contribution >= 4 is 18.0 Å². The second kappa shape index (κ2) is 7.77. The summed E-state index contributed by atoms with van der Waals surface area (Å²) in [6.07, 6.45) is 2.72. The third-order valence-electron chi connectivity index (χ3n) is 2.21. The van der Waals surface area contributed by atoms with Crippen molar-refractivity contribution in [2.45, 2.75) is 13.5 Å². The molecule has 110 valence electrons. The van der Waals surface area contributed by atoms with Gasteiger partial charge in [-0.15, -0.1) is 0 Å². The van der Waals surface area contributed by atoms with Gasteiger partial charge in [0.05, 0.1) is 12.9 Å². The molecule has 0 saturated heterocycles. The Kier molecular flexibility index (Phi) is 6.01. The van der Waals surface area contributed by atoms with Gasteiger partial charge >= 0.3 is 18.0 Å². The number of nitrogens with zero attached hydrogens (tertiary/aromatic N) is 2. The summed E-state index contributed by atoms with van der Waals surface area (Å²) in [5.74, 6) is -1.62. The molecule has 1 aromatic heterocycles. The number of nitrogens with one attached hydrogen (secondary N) is 2. The van der Waals surface area contributed by atoms with Gasteiger partial charge in [0.15, 0.2) is 5.69 Å². The van der Waals surface area contributed by atoms with E-state index >= 15 is 0 Å². The minimum absolute atomic E-state index is 0.0586. The molecule has 0 bridgehead atoms. The summed E-state index contributed by atoms with van der Waals surface area (Å²) >= 11 is 0. The minimum Gasteiger partial charge on any atom is -0.476 e. The van der Waals surface area contributed by atoms with E-state index in [1.807, 2.05) is 0 Å². The maximum Gasteiger partial charge on any atom is 0.356 e. The van der Waals surface area contributed by atoms with Crippen LogP contribution in [0.15, 0.2) is 12.5 Å². The quantitative estimate of drug-likeness (QED) is 0.577. The topological polar surface area (TPSA) is 123 Å².